The molecule has 2 rings (SSSR count). The van der Waals surface area contributed by atoms with Crippen LogP contribution in [0.5, 0.6) is 0 Å². The molecule has 2 N–H and O–H groups in total. The Balaban J connectivity index is 1.89. The summed E-state index contributed by atoms with van der Waals surface area (Å²) >= 11 is 0. The molecule has 2 unspecified atom stereocenters. The number of hydrogen-bond acceptors (Lipinski definition) is 3. The molecule has 0 spiro atoms. The Labute approximate surface area is 141 Å². The molecule has 0 aromatic heterocycles. The van der Waals surface area contributed by atoms with Gasteiger partial charge in [0.25, 0.3) is 5.91 Å². The van der Waals surface area contributed by atoms with Crippen molar-refractivity contribution in [2.24, 2.45) is 0 Å². The number of carbonyl (C=O) groups is 1. The third kappa shape index (κ3) is 5.15. The summed E-state index contributed by atoms with van der Waals surface area (Å²) < 4.78 is 17.9. The number of hydrogen-bond donors (Lipinski definition) is 2. The second-order valence-electron chi connectivity index (χ2n) is 5.81. The highest BCUT2D eigenvalue weighted by Crippen LogP contribution is 2.19. The van der Waals surface area contributed by atoms with Crippen LogP contribution in [-0.4, -0.2) is 24.2 Å². The van der Waals surface area contributed by atoms with E-state index < -0.39 is 6.10 Å². The van der Waals surface area contributed by atoms with E-state index in [4.69, 9.17) is 4.74 Å². The first-order valence-electron chi connectivity index (χ1n) is 7.82. The van der Waals surface area contributed by atoms with Gasteiger partial charge in [0, 0.05) is 18.7 Å². The minimum atomic E-state index is -0.759. The molecule has 0 aliphatic rings. The molecule has 1 amide bonds. The molecule has 0 bridgehead atoms. The van der Waals surface area contributed by atoms with Gasteiger partial charge in [-0.3, -0.25) is 4.79 Å². The fourth-order valence-corrected chi connectivity index (χ4v) is 2.44. The molecule has 4 nitrogen and oxygen atoms in total. The van der Waals surface area contributed by atoms with E-state index in [1.807, 2.05) is 19.1 Å². The van der Waals surface area contributed by atoms with Crippen LogP contribution < -0.4 is 5.32 Å². The fraction of sp³-hybridized carbons (Fsp3) is 0.316. The maximum Gasteiger partial charge on any atom is 0.251 e. The molecule has 5 heteroatoms. The quantitative estimate of drug-likeness (QED) is 0.819. The van der Waals surface area contributed by atoms with Crippen LogP contribution in [0.2, 0.25) is 0 Å². The highest BCUT2D eigenvalue weighted by molar-refractivity contribution is 5.94. The lowest BCUT2D eigenvalue weighted by molar-refractivity contribution is 0.0917. The monoisotopic (exact) mass is 331 g/mol. The van der Waals surface area contributed by atoms with Crippen LogP contribution in [0, 0.1) is 5.82 Å². The summed E-state index contributed by atoms with van der Waals surface area (Å²) in [6.07, 6.45) is -0.413. The van der Waals surface area contributed by atoms with Crippen LogP contribution in [0.25, 0.3) is 0 Å². The first-order chi connectivity index (χ1) is 11.5. The Kier molecular flexibility index (Phi) is 6.46. The number of amides is 1. The largest absolute Gasteiger partial charge is 0.388 e. The Morgan fingerprint density at radius 1 is 1.17 bits per heavy atom. The molecule has 0 saturated carbocycles. The van der Waals surface area contributed by atoms with Gasteiger partial charge in [0.15, 0.2) is 0 Å². The van der Waals surface area contributed by atoms with Crippen molar-refractivity contribution in [2.75, 3.05) is 7.11 Å². The van der Waals surface area contributed by atoms with Crippen LogP contribution in [-0.2, 0) is 11.3 Å². The molecular weight excluding hydrogens is 309 g/mol. The Hall–Kier alpha value is -2.24. The molecule has 24 heavy (non-hydrogen) atoms. The molecule has 0 saturated heterocycles. The van der Waals surface area contributed by atoms with Gasteiger partial charge in [-0.05, 0) is 48.7 Å². The maximum atomic E-state index is 12.9. The summed E-state index contributed by atoms with van der Waals surface area (Å²) in [4.78, 5) is 12.2. The van der Waals surface area contributed by atoms with Gasteiger partial charge in [-0.1, -0.05) is 24.3 Å². The normalized spacial score (nSPS) is 13.3. The fourth-order valence-electron chi connectivity index (χ4n) is 2.44. The van der Waals surface area contributed by atoms with Crippen molar-refractivity contribution in [1.29, 1.82) is 0 Å². The number of methoxy groups -OCH3 is 1. The summed E-state index contributed by atoms with van der Waals surface area (Å²) in [7, 11) is 1.62. The predicted molar refractivity (Wildman–Crippen MR) is 90.1 cm³/mol. The Morgan fingerprint density at radius 3 is 2.38 bits per heavy atom. The SMILES string of the molecule is COCc1ccc(C(=O)NC(C)CC(O)c2ccc(F)cc2)cc1. The number of benzene rings is 2. The van der Waals surface area contributed by atoms with Crippen LogP contribution in [0.3, 0.4) is 0 Å². The van der Waals surface area contributed by atoms with Crippen molar-refractivity contribution in [1.82, 2.24) is 5.32 Å². The van der Waals surface area contributed by atoms with Crippen molar-refractivity contribution >= 4 is 5.91 Å². The van der Waals surface area contributed by atoms with Gasteiger partial charge >= 0.3 is 0 Å². The molecule has 0 fully saturated rings. The smallest absolute Gasteiger partial charge is 0.251 e. The molecule has 0 radical (unpaired) electrons. The number of carbonyl (C=O) groups excluding carboxylic acids is 1. The third-order valence-corrected chi connectivity index (χ3v) is 3.74. The number of ether oxygens (including phenoxy) is 1. The second-order valence-corrected chi connectivity index (χ2v) is 5.81. The van der Waals surface area contributed by atoms with Crippen molar-refractivity contribution in [3.63, 3.8) is 0 Å². The van der Waals surface area contributed by atoms with Crippen molar-refractivity contribution in [2.45, 2.75) is 32.1 Å². The van der Waals surface area contributed by atoms with Gasteiger partial charge in [-0.15, -0.1) is 0 Å². The van der Waals surface area contributed by atoms with E-state index in [0.717, 1.165) is 5.56 Å². The van der Waals surface area contributed by atoms with Crippen LogP contribution in [0.15, 0.2) is 48.5 Å². The zero-order valence-corrected chi connectivity index (χ0v) is 13.8. The average molecular weight is 331 g/mol. The molecule has 0 heterocycles. The first-order valence-corrected chi connectivity index (χ1v) is 7.82. The minimum absolute atomic E-state index is 0.197. The van der Waals surface area contributed by atoms with Gasteiger partial charge in [0.05, 0.1) is 12.7 Å². The minimum Gasteiger partial charge on any atom is -0.388 e. The lowest BCUT2D eigenvalue weighted by atomic mass is 10.0. The van der Waals surface area contributed by atoms with E-state index in [1.54, 1.807) is 31.4 Å². The lowest BCUT2D eigenvalue weighted by Crippen LogP contribution is -2.33. The molecular formula is C19H22FNO3. The first kappa shape index (κ1) is 18.1. The summed E-state index contributed by atoms with van der Waals surface area (Å²) in [5, 5.41) is 13.0. The van der Waals surface area contributed by atoms with Crippen LogP contribution in [0.1, 0.15) is 40.9 Å². The van der Waals surface area contributed by atoms with Crippen molar-refractivity contribution < 1.29 is 19.0 Å². The molecule has 2 aromatic carbocycles. The molecule has 0 aliphatic carbocycles. The number of halogens is 1. The number of aliphatic hydroxyl groups is 1. The van der Waals surface area contributed by atoms with Gasteiger partial charge in [0.2, 0.25) is 0 Å². The zero-order chi connectivity index (χ0) is 17.5. The summed E-state index contributed by atoms with van der Waals surface area (Å²) in [5.74, 6) is -0.540. The third-order valence-electron chi connectivity index (χ3n) is 3.74. The molecule has 128 valence electrons. The second kappa shape index (κ2) is 8.57. The van der Waals surface area contributed by atoms with Crippen molar-refractivity contribution in [3.05, 3.63) is 71.0 Å². The molecule has 0 aliphatic heterocycles. The predicted octanol–water partition coefficient (Wildman–Crippen LogP) is 3.21. The Morgan fingerprint density at radius 2 is 1.79 bits per heavy atom. The van der Waals surface area contributed by atoms with E-state index in [1.165, 1.54) is 12.1 Å². The van der Waals surface area contributed by atoms with Gasteiger partial charge in [-0.2, -0.15) is 0 Å². The maximum absolute atomic E-state index is 12.9. The van der Waals surface area contributed by atoms with Gasteiger partial charge < -0.3 is 15.2 Å². The van der Waals surface area contributed by atoms with Gasteiger partial charge in [0.1, 0.15) is 5.82 Å². The highest BCUT2D eigenvalue weighted by atomic mass is 19.1. The van der Waals surface area contributed by atoms with E-state index >= 15 is 0 Å². The summed E-state index contributed by atoms with van der Waals surface area (Å²) in [6, 6.07) is 12.7. The highest BCUT2D eigenvalue weighted by Gasteiger charge is 2.15. The topological polar surface area (TPSA) is 58.6 Å². The van der Waals surface area contributed by atoms with E-state index in [0.29, 0.717) is 24.2 Å². The van der Waals surface area contributed by atoms with Gasteiger partial charge in [-0.25, -0.2) is 4.39 Å². The van der Waals surface area contributed by atoms with E-state index in [9.17, 15) is 14.3 Å². The summed E-state index contributed by atoms with van der Waals surface area (Å²) in [5.41, 5.74) is 2.17. The zero-order valence-electron chi connectivity index (χ0n) is 13.8. The lowest BCUT2D eigenvalue weighted by Gasteiger charge is -2.18. The van der Waals surface area contributed by atoms with E-state index in [2.05, 4.69) is 5.32 Å². The molecule has 2 atom stereocenters. The standard InChI is InChI=1S/C19H22FNO3/c1-13(11-18(22)15-7-9-17(20)10-8-15)21-19(23)16-5-3-14(4-6-16)12-24-2/h3-10,13,18,22H,11-12H2,1-2H3,(H,21,23). The van der Waals surface area contributed by atoms with E-state index in [-0.39, 0.29) is 17.8 Å². The van der Waals surface area contributed by atoms with Crippen LogP contribution in [0.4, 0.5) is 4.39 Å². The Bertz CT molecular complexity index is 655. The number of aliphatic hydroxyl groups excluding tert-OH is 1. The van der Waals surface area contributed by atoms with Crippen molar-refractivity contribution in [3.8, 4) is 0 Å². The summed E-state index contributed by atoms with van der Waals surface area (Å²) in [6.45, 7) is 2.33. The average Bonchev–Trinajstić information content (AvgIpc) is 2.56. The molecule has 2 aromatic rings. The van der Waals surface area contributed by atoms with Crippen LogP contribution >= 0.6 is 0 Å². The number of rotatable bonds is 7. The number of nitrogens with one attached hydrogen (secondary N) is 1.